The number of nitrogens with one attached hydrogen (secondary N) is 2. The standard InChI is InChI=1S/C13H22N4O2S/c1-7(2)15-13-17-11(14)10(20-13)12(18)16-8-5-4-6-9(8)19-3/h7-9H,4-6,14H2,1-3H3,(H,15,17)(H,16,18). The topological polar surface area (TPSA) is 89.3 Å². The summed E-state index contributed by atoms with van der Waals surface area (Å²) in [7, 11) is 1.68. The summed E-state index contributed by atoms with van der Waals surface area (Å²) in [5.74, 6) is 0.119. The number of methoxy groups -OCH3 is 1. The van der Waals surface area contributed by atoms with Crippen molar-refractivity contribution >= 4 is 28.2 Å². The van der Waals surface area contributed by atoms with Gasteiger partial charge in [-0.15, -0.1) is 0 Å². The SMILES string of the molecule is COC1CCCC1NC(=O)c1sc(NC(C)C)nc1N. The fourth-order valence-electron chi connectivity index (χ4n) is 2.41. The second kappa shape index (κ2) is 6.41. The lowest BCUT2D eigenvalue weighted by molar-refractivity contribution is 0.0725. The summed E-state index contributed by atoms with van der Waals surface area (Å²) >= 11 is 1.29. The number of rotatable bonds is 5. The van der Waals surface area contributed by atoms with E-state index in [0.29, 0.717) is 10.0 Å². The summed E-state index contributed by atoms with van der Waals surface area (Å²) in [5.41, 5.74) is 5.83. The van der Waals surface area contributed by atoms with E-state index in [-0.39, 0.29) is 29.9 Å². The molecule has 6 nitrogen and oxygen atoms in total. The van der Waals surface area contributed by atoms with Gasteiger partial charge in [0.25, 0.3) is 5.91 Å². The number of nitrogens with two attached hydrogens (primary N) is 1. The molecule has 1 aromatic heterocycles. The number of nitrogens with zero attached hydrogens (tertiary/aromatic N) is 1. The van der Waals surface area contributed by atoms with Crippen LogP contribution in [0.4, 0.5) is 10.9 Å². The van der Waals surface area contributed by atoms with Crippen molar-refractivity contribution in [3.63, 3.8) is 0 Å². The van der Waals surface area contributed by atoms with Crippen LogP contribution >= 0.6 is 11.3 Å². The number of nitrogen functional groups attached to an aromatic ring is 1. The molecule has 0 aliphatic heterocycles. The molecule has 2 rings (SSSR count). The van der Waals surface area contributed by atoms with E-state index in [0.717, 1.165) is 19.3 Å². The van der Waals surface area contributed by atoms with Gasteiger partial charge >= 0.3 is 0 Å². The van der Waals surface area contributed by atoms with Gasteiger partial charge in [0.1, 0.15) is 10.7 Å². The molecular formula is C13H22N4O2S. The highest BCUT2D eigenvalue weighted by Crippen LogP contribution is 2.27. The Bertz CT molecular complexity index is 475. The Hall–Kier alpha value is -1.34. The molecule has 1 saturated carbocycles. The van der Waals surface area contributed by atoms with Crippen LogP contribution in [0.25, 0.3) is 0 Å². The number of carbonyl (C=O) groups excluding carboxylic acids is 1. The molecule has 2 unspecified atom stereocenters. The highest BCUT2D eigenvalue weighted by atomic mass is 32.1. The highest BCUT2D eigenvalue weighted by Gasteiger charge is 2.29. The van der Waals surface area contributed by atoms with Crippen molar-refractivity contribution in [2.24, 2.45) is 0 Å². The fraction of sp³-hybridized carbons (Fsp3) is 0.692. The summed E-state index contributed by atoms with van der Waals surface area (Å²) in [6.45, 7) is 4.03. The predicted octanol–water partition coefficient (Wildman–Crippen LogP) is 1.84. The second-order valence-electron chi connectivity index (χ2n) is 5.32. The zero-order valence-corrected chi connectivity index (χ0v) is 12.9. The van der Waals surface area contributed by atoms with E-state index in [4.69, 9.17) is 10.5 Å². The number of amides is 1. The smallest absolute Gasteiger partial charge is 0.265 e. The van der Waals surface area contributed by atoms with Crippen LogP contribution in [0, 0.1) is 0 Å². The lowest BCUT2D eigenvalue weighted by Gasteiger charge is -2.19. The van der Waals surface area contributed by atoms with Crippen LogP contribution in [0.2, 0.25) is 0 Å². The Kier molecular flexibility index (Phi) is 4.82. The van der Waals surface area contributed by atoms with Gasteiger partial charge in [-0.25, -0.2) is 4.98 Å². The molecule has 1 heterocycles. The van der Waals surface area contributed by atoms with Gasteiger partial charge < -0.3 is 21.1 Å². The number of hydrogen-bond donors (Lipinski definition) is 3. The first-order valence-corrected chi connectivity index (χ1v) is 7.69. The zero-order valence-electron chi connectivity index (χ0n) is 12.1. The normalized spacial score (nSPS) is 22.2. The van der Waals surface area contributed by atoms with Gasteiger partial charge in [-0.2, -0.15) is 0 Å². The quantitative estimate of drug-likeness (QED) is 0.772. The molecule has 0 aromatic carbocycles. The van der Waals surface area contributed by atoms with Gasteiger partial charge in [0, 0.05) is 13.2 Å². The fourth-order valence-corrected chi connectivity index (χ4v) is 3.34. The van der Waals surface area contributed by atoms with E-state index in [1.165, 1.54) is 11.3 Å². The van der Waals surface area contributed by atoms with E-state index < -0.39 is 0 Å². The predicted molar refractivity (Wildman–Crippen MR) is 81.2 cm³/mol. The largest absolute Gasteiger partial charge is 0.382 e. The first-order chi connectivity index (χ1) is 9.51. The molecule has 1 fully saturated rings. The number of thiazole rings is 1. The Morgan fingerprint density at radius 3 is 2.90 bits per heavy atom. The average molecular weight is 298 g/mol. The van der Waals surface area contributed by atoms with Crippen molar-refractivity contribution in [3.8, 4) is 0 Å². The van der Waals surface area contributed by atoms with Crippen molar-refractivity contribution in [1.82, 2.24) is 10.3 Å². The van der Waals surface area contributed by atoms with Gasteiger partial charge in [0.15, 0.2) is 5.13 Å². The monoisotopic (exact) mass is 298 g/mol. The van der Waals surface area contributed by atoms with Gasteiger partial charge in [0.2, 0.25) is 0 Å². The van der Waals surface area contributed by atoms with Crippen molar-refractivity contribution in [2.45, 2.75) is 51.3 Å². The maximum atomic E-state index is 12.3. The Labute approximate surface area is 123 Å². The Morgan fingerprint density at radius 1 is 1.50 bits per heavy atom. The van der Waals surface area contributed by atoms with E-state index in [2.05, 4.69) is 15.6 Å². The zero-order chi connectivity index (χ0) is 14.7. The highest BCUT2D eigenvalue weighted by molar-refractivity contribution is 7.18. The minimum atomic E-state index is -0.161. The molecule has 0 saturated heterocycles. The van der Waals surface area contributed by atoms with Gasteiger partial charge in [-0.05, 0) is 33.1 Å². The minimum absolute atomic E-state index is 0.0653. The summed E-state index contributed by atoms with van der Waals surface area (Å²) in [4.78, 5) is 16.9. The van der Waals surface area contributed by atoms with E-state index in [1.807, 2.05) is 13.8 Å². The average Bonchev–Trinajstić information content (AvgIpc) is 2.95. The number of aromatic nitrogens is 1. The Balaban J connectivity index is 2.03. The number of hydrogen-bond acceptors (Lipinski definition) is 6. The molecular weight excluding hydrogens is 276 g/mol. The van der Waals surface area contributed by atoms with E-state index in [1.54, 1.807) is 7.11 Å². The number of ether oxygens (including phenoxy) is 1. The van der Waals surface area contributed by atoms with Crippen LogP contribution in [0.3, 0.4) is 0 Å². The molecule has 1 aromatic rings. The van der Waals surface area contributed by atoms with Crippen LogP contribution in [0.15, 0.2) is 0 Å². The molecule has 4 N–H and O–H groups in total. The maximum absolute atomic E-state index is 12.3. The minimum Gasteiger partial charge on any atom is -0.382 e. The van der Waals surface area contributed by atoms with Gasteiger partial charge in [0.05, 0.1) is 12.1 Å². The van der Waals surface area contributed by atoms with Crippen molar-refractivity contribution in [2.75, 3.05) is 18.2 Å². The number of carbonyl (C=O) groups is 1. The third-order valence-corrected chi connectivity index (χ3v) is 4.34. The molecule has 20 heavy (non-hydrogen) atoms. The molecule has 112 valence electrons. The number of anilines is 2. The molecule has 1 aliphatic carbocycles. The molecule has 0 spiro atoms. The molecule has 0 radical (unpaired) electrons. The summed E-state index contributed by atoms with van der Waals surface area (Å²) in [6.07, 6.45) is 3.10. The van der Waals surface area contributed by atoms with Gasteiger partial charge in [-0.3, -0.25) is 4.79 Å². The van der Waals surface area contributed by atoms with Crippen LogP contribution in [0.5, 0.6) is 0 Å². The van der Waals surface area contributed by atoms with Crippen LogP contribution in [-0.4, -0.2) is 36.2 Å². The van der Waals surface area contributed by atoms with E-state index >= 15 is 0 Å². The molecule has 7 heteroatoms. The van der Waals surface area contributed by atoms with Crippen LogP contribution in [-0.2, 0) is 4.74 Å². The first kappa shape index (κ1) is 15.1. The van der Waals surface area contributed by atoms with Crippen LogP contribution < -0.4 is 16.4 Å². The third-order valence-electron chi connectivity index (χ3n) is 3.34. The molecule has 1 amide bonds. The van der Waals surface area contributed by atoms with Crippen molar-refractivity contribution in [1.29, 1.82) is 0 Å². The molecule has 2 atom stereocenters. The summed E-state index contributed by atoms with van der Waals surface area (Å²) in [5, 5.41) is 6.84. The second-order valence-corrected chi connectivity index (χ2v) is 6.32. The first-order valence-electron chi connectivity index (χ1n) is 6.87. The lowest BCUT2D eigenvalue weighted by atomic mass is 10.2. The lowest BCUT2D eigenvalue weighted by Crippen LogP contribution is -2.40. The molecule has 0 bridgehead atoms. The maximum Gasteiger partial charge on any atom is 0.265 e. The third kappa shape index (κ3) is 3.40. The van der Waals surface area contributed by atoms with Gasteiger partial charge in [-0.1, -0.05) is 11.3 Å². The van der Waals surface area contributed by atoms with Crippen LogP contribution in [0.1, 0.15) is 42.8 Å². The molecule has 1 aliphatic rings. The van der Waals surface area contributed by atoms with E-state index in [9.17, 15) is 4.79 Å². The van der Waals surface area contributed by atoms with Crippen molar-refractivity contribution < 1.29 is 9.53 Å². The summed E-state index contributed by atoms with van der Waals surface area (Å²) < 4.78 is 5.38. The Morgan fingerprint density at radius 2 is 2.25 bits per heavy atom. The summed E-state index contributed by atoms with van der Waals surface area (Å²) in [6, 6.07) is 0.319. The van der Waals surface area contributed by atoms with Crippen molar-refractivity contribution in [3.05, 3.63) is 4.88 Å².